The van der Waals surface area contributed by atoms with Crippen LogP contribution in [0.4, 0.5) is 18.3 Å². The maximum absolute atomic E-state index is 13.4. The topological polar surface area (TPSA) is 36.4 Å². The summed E-state index contributed by atoms with van der Waals surface area (Å²) in [7, 11) is 0. The van der Waals surface area contributed by atoms with E-state index >= 15 is 0 Å². The summed E-state index contributed by atoms with van der Waals surface area (Å²) >= 11 is 3.30. The molecule has 0 spiro atoms. The molecule has 1 saturated heterocycles. The predicted molar refractivity (Wildman–Crippen MR) is 150 cm³/mol. The van der Waals surface area contributed by atoms with Gasteiger partial charge in [-0.2, -0.15) is 13.2 Å². The van der Waals surface area contributed by atoms with Crippen LogP contribution in [0.5, 0.6) is 0 Å². The third-order valence-electron chi connectivity index (χ3n) is 7.07. The zero-order chi connectivity index (χ0) is 26.7. The van der Waals surface area contributed by atoms with Crippen molar-refractivity contribution in [2.75, 3.05) is 31.1 Å². The van der Waals surface area contributed by atoms with E-state index in [2.05, 4.69) is 23.3 Å². The molecule has 4 nitrogen and oxygen atoms in total. The van der Waals surface area contributed by atoms with Crippen molar-refractivity contribution in [3.8, 4) is 11.1 Å². The normalized spacial score (nSPS) is 15.3. The lowest BCUT2D eigenvalue weighted by molar-refractivity contribution is -0.137. The van der Waals surface area contributed by atoms with Gasteiger partial charge in [0.25, 0.3) is 0 Å². The molecule has 3 heterocycles. The molecule has 1 unspecified atom stereocenters. The fourth-order valence-electron chi connectivity index (χ4n) is 4.89. The lowest BCUT2D eigenvalue weighted by Crippen LogP contribution is -2.50. The Morgan fingerprint density at radius 3 is 2.42 bits per heavy atom. The first-order chi connectivity index (χ1) is 18.3. The molecule has 5 rings (SSSR count). The number of carbonyl (C=O) groups is 1. The molecule has 2 aromatic heterocycles. The summed E-state index contributed by atoms with van der Waals surface area (Å²) < 4.78 is 39.7. The summed E-state index contributed by atoms with van der Waals surface area (Å²) in [5.41, 5.74) is 1.82. The van der Waals surface area contributed by atoms with Gasteiger partial charge in [0.1, 0.15) is 0 Å². The molecule has 1 fully saturated rings. The number of anilines is 1. The van der Waals surface area contributed by atoms with Crippen molar-refractivity contribution in [3.05, 3.63) is 70.4 Å². The van der Waals surface area contributed by atoms with Crippen LogP contribution in [0.25, 0.3) is 21.3 Å². The summed E-state index contributed by atoms with van der Waals surface area (Å²) in [6.45, 7) is 4.99. The average molecular weight is 558 g/mol. The number of nitrogens with zero attached hydrogens (tertiary/aromatic N) is 3. The van der Waals surface area contributed by atoms with Crippen LogP contribution in [-0.2, 0) is 17.4 Å². The SMILES string of the molecule is CCCCC(Cc1cccs1)C(=O)N1CCN(c2nc3ccc(-c4ccc(C(F)(F)F)cc4)cc3s2)CC1. The number of amides is 1. The molecule has 0 aliphatic carbocycles. The molecule has 4 aromatic rings. The zero-order valence-corrected chi connectivity index (χ0v) is 22.8. The summed E-state index contributed by atoms with van der Waals surface area (Å²) in [6.07, 6.45) is -0.464. The van der Waals surface area contributed by atoms with Crippen LogP contribution >= 0.6 is 22.7 Å². The Balaban J connectivity index is 1.24. The van der Waals surface area contributed by atoms with Crippen molar-refractivity contribution in [2.45, 2.75) is 38.8 Å². The Morgan fingerprint density at radius 2 is 1.76 bits per heavy atom. The number of thiophene rings is 1. The highest BCUT2D eigenvalue weighted by atomic mass is 32.1. The van der Waals surface area contributed by atoms with Crippen molar-refractivity contribution in [1.29, 1.82) is 0 Å². The van der Waals surface area contributed by atoms with Gasteiger partial charge in [0.2, 0.25) is 5.91 Å². The number of hydrogen-bond donors (Lipinski definition) is 0. The van der Waals surface area contributed by atoms with Gasteiger partial charge in [0.05, 0.1) is 15.8 Å². The summed E-state index contributed by atoms with van der Waals surface area (Å²) in [4.78, 5) is 23.7. The molecule has 2 aromatic carbocycles. The quantitative estimate of drug-likeness (QED) is 0.222. The highest BCUT2D eigenvalue weighted by Crippen LogP contribution is 2.35. The summed E-state index contributed by atoms with van der Waals surface area (Å²) in [6, 6.07) is 15.2. The lowest BCUT2D eigenvalue weighted by Gasteiger charge is -2.36. The number of unbranched alkanes of at least 4 members (excludes halogenated alkanes) is 1. The molecule has 1 aliphatic rings. The highest BCUT2D eigenvalue weighted by Gasteiger charge is 2.30. The molecule has 0 N–H and O–H groups in total. The summed E-state index contributed by atoms with van der Waals surface area (Å²) in [5.74, 6) is 0.295. The van der Waals surface area contributed by atoms with Gasteiger partial charge in [-0.05, 0) is 59.7 Å². The minimum absolute atomic E-state index is 0.0335. The van der Waals surface area contributed by atoms with E-state index in [1.807, 2.05) is 29.2 Å². The molecule has 1 amide bonds. The number of rotatable bonds is 8. The van der Waals surface area contributed by atoms with Crippen LogP contribution in [0.1, 0.15) is 36.6 Å². The molecule has 0 bridgehead atoms. The second-order valence-corrected chi connectivity index (χ2v) is 11.7. The smallest absolute Gasteiger partial charge is 0.345 e. The van der Waals surface area contributed by atoms with Crippen LogP contribution in [0.3, 0.4) is 0 Å². The van der Waals surface area contributed by atoms with Gasteiger partial charge >= 0.3 is 6.18 Å². The van der Waals surface area contributed by atoms with Crippen LogP contribution in [0.15, 0.2) is 60.0 Å². The Labute approximate surface area is 228 Å². The third kappa shape index (κ3) is 6.04. The molecular weight excluding hydrogens is 527 g/mol. The molecule has 1 aliphatic heterocycles. The molecule has 200 valence electrons. The minimum atomic E-state index is -4.34. The largest absolute Gasteiger partial charge is 0.416 e. The Hall–Kier alpha value is -2.91. The van der Waals surface area contributed by atoms with Gasteiger partial charge in [-0.15, -0.1) is 11.3 Å². The number of aromatic nitrogens is 1. The number of carbonyl (C=O) groups excluding carboxylic acids is 1. The minimum Gasteiger partial charge on any atom is -0.345 e. The Bertz CT molecular complexity index is 1360. The van der Waals surface area contributed by atoms with Gasteiger partial charge in [0.15, 0.2) is 5.13 Å². The monoisotopic (exact) mass is 557 g/mol. The van der Waals surface area contributed by atoms with E-state index < -0.39 is 11.7 Å². The molecule has 0 radical (unpaired) electrons. The maximum atomic E-state index is 13.4. The van der Waals surface area contributed by atoms with Gasteiger partial charge in [-0.1, -0.05) is 55.4 Å². The zero-order valence-electron chi connectivity index (χ0n) is 21.2. The molecular formula is C29H30F3N3OS2. The number of benzene rings is 2. The number of thiazole rings is 1. The number of piperazine rings is 1. The lowest BCUT2D eigenvalue weighted by atomic mass is 9.95. The Morgan fingerprint density at radius 1 is 1.03 bits per heavy atom. The van der Waals surface area contributed by atoms with Crippen molar-refractivity contribution >= 4 is 43.9 Å². The number of hydrogen-bond acceptors (Lipinski definition) is 5. The van der Waals surface area contributed by atoms with Crippen LogP contribution in [-0.4, -0.2) is 42.0 Å². The maximum Gasteiger partial charge on any atom is 0.416 e. The van der Waals surface area contributed by atoms with Crippen molar-refractivity contribution in [3.63, 3.8) is 0 Å². The van der Waals surface area contributed by atoms with Crippen molar-refractivity contribution < 1.29 is 18.0 Å². The van der Waals surface area contributed by atoms with Crippen LogP contribution in [0, 0.1) is 5.92 Å². The number of fused-ring (bicyclic) bond motifs is 1. The van der Waals surface area contributed by atoms with Crippen molar-refractivity contribution in [1.82, 2.24) is 9.88 Å². The first-order valence-electron chi connectivity index (χ1n) is 13.0. The molecule has 0 saturated carbocycles. The van der Waals surface area contributed by atoms with E-state index in [-0.39, 0.29) is 11.8 Å². The van der Waals surface area contributed by atoms with Crippen LogP contribution in [0.2, 0.25) is 0 Å². The standard InChI is InChI=1S/C29H30F3N3OS2/c1-2-3-5-22(18-24-6-4-17-37-24)27(36)34-13-15-35(16-14-34)28-33-25-12-9-21(19-26(25)38-28)20-7-10-23(11-8-20)29(30,31)32/h4,6-12,17,19,22H,2-3,5,13-16,18H2,1H3. The molecule has 38 heavy (non-hydrogen) atoms. The number of halogens is 3. The third-order valence-corrected chi connectivity index (χ3v) is 9.05. The second kappa shape index (κ2) is 11.5. The van der Waals surface area contributed by atoms with E-state index in [1.165, 1.54) is 17.0 Å². The van der Waals surface area contributed by atoms with E-state index in [0.29, 0.717) is 13.1 Å². The molecule has 1 atom stereocenters. The van der Waals surface area contributed by atoms with Gasteiger partial charge < -0.3 is 9.80 Å². The van der Waals surface area contributed by atoms with E-state index in [4.69, 9.17) is 4.98 Å². The van der Waals surface area contributed by atoms with E-state index in [9.17, 15) is 18.0 Å². The number of alkyl halides is 3. The highest BCUT2D eigenvalue weighted by molar-refractivity contribution is 7.22. The summed E-state index contributed by atoms with van der Waals surface area (Å²) in [5, 5.41) is 2.98. The van der Waals surface area contributed by atoms with E-state index in [1.54, 1.807) is 22.7 Å². The fraction of sp³-hybridized carbons (Fsp3) is 0.379. The molecule has 9 heteroatoms. The van der Waals surface area contributed by atoms with Gasteiger partial charge in [0, 0.05) is 37.0 Å². The predicted octanol–water partition coefficient (Wildman–Crippen LogP) is 7.74. The first-order valence-corrected chi connectivity index (χ1v) is 14.7. The van der Waals surface area contributed by atoms with E-state index in [0.717, 1.165) is 77.4 Å². The van der Waals surface area contributed by atoms with Gasteiger partial charge in [-0.25, -0.2) is 4.98 Å². The van der Waals surface area contributed by atoms with Crippen molar-refractivity contribution in [2.24, 2.45) is 5.92 Å². The fourth-order valence-corrected chi connectivity index (χ4v) is 6.73. The van der Waals surface area contributed by atoms with Crippen LogP contribution < -0.4 is 4.90 Å². The average Bonchev–Trinajstić information content (AvgIpc) is 3.60. The van der Waals surface area contributed by atoms with Gasteiger partial charge in [-0.3, -0.25) is 4.79 Å². The first kappa shape index (κ1) is 26.7. The Kier molecular flexibility index (Phi) is 8.04. The second-order valence-electron chi connectivity index (χ2n) is 9.69.